The summed E-state index contributed by atoms with van der Waals surface area (Å²) in [4.78, 5) is 4.42. The van der Waals surface area contributed by atoms with Crippen LogP contribution in [0.3, 0.4) is 0 Å². The highest BCUT2D eigenvalue weighted by atomic mass is 32.2. The normalized spacial score (nSPS) is 12.8. The third-order valence-electron chi connectivity index (χ3n) is 2.51. The maximum atomic E-state index is 5.34. The molecule has 0 aliphatic carbocycles. The SMILES string of the molecule is CCc1nsc(SCCNC(C)c2ccco2)n1. The van der Waals surface area contributed by atoms with Crippen LogP contribution < -0.4 is 5.32 Å². The van der Waals surface area contributed by atoms with Crippen molar-refractivity contribution in [3.8, 4) is 0 Å². The third kappa shape index (κ3) is 3.83. The van der Waals surface area contributed by atoms with E-state index < -0.39 is 0 Å². The molecule has 1 atom stereocenters. The molecule has 0 aliphatic rings. The number of hydrogen-bond acceptors (Lipinski definition) is 6. The van der Waals surface area contributed by atoms with Crippen molar-refractivity contribution in [1.82, 2.24) is 14.7 Å². The summed E-state index contributed by atoms with van der Waals surface area (Å²) in [5, 5.41) is 3.42. The Hall–Kier alpha value is -0.850. The second-order valence-corrected chi connectivity index (χ2v) is 5.96. The van der Waals surface area contributed by atoms with Gasteiger partial charge in [0.15, 0.2) is 4.34 Å². The first-order valence-electron chi connectivity index (χ1n) is 6.01. The lowest BCUT2D eigenvalue weighted by Gasteiger charge is -2.09. The number of thioether (sulfide) groups is 1. The van der Waals surface area contributed by atoms with Crippen molar-refractivity contribution in [2.24, 2.45) is 0 Å². The van der Waals surface area contributed by atoms with E-state index in [0.29, 0.717) is 0 Å². The molecule has 2 rings (SSSR count). The third-order valence-corrected chi connectivity index (χ3v) is 4.39. The Bertz CT molecular complexity index is 456. The van der Waals surface area contributed by atoms with Crippen molar-refractivity contribution in [2.75, 3.05) is 12.3 Å². The molecule has 18 heavy (non-hydrogen) atoms. The van der Waals surface area contributed by atoms with Crippen LogP contribution in [0.2, 0.25) is 0 Å². The minimum absolute atomic E-state index is 0.251. The highest BCUT2D eigenvalue weighted by Gasteiger charge is 2.07. The van der Waals surface area contributed by atoms with Crippen molar-refractivity contribution < 1.29 is 4.42 Å². The maximum Gasteiger partial charge on any atom is 0.170 e. The zero-order valence-corrected chi connectivity index (χ0v) is 12.2. The van der Waals surface area contributed by atoms with E-state index in [1.807, 2.05) is 12.1 Å². The molecule has 0 bridgehead atoms. The molecule has 0 fully saturated rings. The van der Waals surface area contributed by atoms with Crippen LogP contribution in [0, 0.1) is 0 Å². The van der Waals surface area contributed by atoms with Crippen LogP contribution in [0.25, 0.3) is 0 Å². The molecule has 6 heteroatoms. The molecule has 0 aromatic carbocycles. The Balaban J connectivity index is 1.67. The predicted molar refractivity (Wildman–Crippen MR) is 75.1 cm³/mol. The fraction of sp³-hybridized carbons (Fsp3) is 0.500. The van der Waals surface area contributed by atoms with Gasteiger partial charge >= 0.3 is 0 Å². The second-order valence-electron chi connectivity index (χ2n) is 3.87. The summed E-state index contributed by atoms with van der Waals surface area (Å²) in [7, 11) is 0. The van der Waals surface area contributed by atoms with Gasteiger partial charge in [0.2, 0.25) is 0 Å². The fourth-order valence-corrected chi connectivity index (χ4v) is 3.13. The summed E-state index contributed by atoms with van der Waals surface area (Å²) in [6, 6.07) is 4.15. The monoisotopic (exact) mass is 283 g/mol. The minimum Gasteiger partial charge on any atom is -0.468 e. The molecular formula is C12H17N3OS2. The second kappa shape index (κ2) is 6.92. The van der Waals surface area contributed by atoms with Gasteiger partial charge < -0.3 is 9.73 Å². The largest absolute Gasteiger partial charge is 0.468 e. The Morgan fingerprint density at radius 1 is 1.56 bits per heavy atom. The van der Waals surface area contributed by atoms with Gasteiger partial charge in [-0.3, -0.25) is 0 Å². The molecule has 2 aromatic rings. The van der Waals surface area contributed by atoms with Crippen molar-refractivity contribution in [3.63, 3.8) is 0 Å². The van der Waals surface area contributed by atoms with Gasteiger partial charge in [-0.25, -0.2) is 4.98 Å². The minimum atomic E-state index is 0.251. The number of nitrogens with one attached hydrogen (secondary N) is 1. The maximum absolute atomic E-state index is 5.34. The zero-order chi connectivity index (χ0) is 12.8. The van der Waals surface area contributed by atoms with Gasteiger partial charge in [-0.2, -0.15) is 4.37 Å². The van der Waals surface area contributed by atoms with E-state index in [1.54, 1.807) is 18.0 Å². The number of aryl methyl sites for hydroxylation is 1. The van der Waals surface area contributed by atoms with Gasteiger partial charge in [-0.1, -0.05) is 18.7 Å². The Labute approximate surface area is 115 Å². The van der Waals surface area contributed by atoms with Crippen LogP contribution in [0.1, 0.15) is 31.5 Å². The molecule has 2 aromatic heterocycles. The highest BCUT2D eigenvalue weighted by molar-refractivity contribution is 8.00. The van der Waals surface area contributed by atoms with Crippen LogP contribution in [0.4, 0.5) is 0 Å². The average molecular weight is 283 g/mol. The van der Waals surface area contributed by atoms with Crippen molar-refractivity contribution >= 4 is 23.3 Å². The molecule has 0 spiro atoms. The fourth-order valence-electron chi connectivity index (χ4n) is 1.49. The Kier molecular flexibility index (Phi) is 5.22. The van der Waals surface area contributed by atoms with Gasteiger partial charge in [0, 0.05) is 18.7 Å². The number of furan rings is 1. The molecule has 0 saturated heterocycles. The first-order valence-corrected chi connectivity index (χ1v) is 7.77. The lowest BCUT2D eigenvalue weighted by Crippen LogP contribution is -2.20. The van der Waals surface area contributed by atoms with Crippen LogP contribution >= 0.6 is 23.3 Å². The summed E-state index contributed by atoms with van der Waals surface area (Å²) >= 11 is 3.23. The Morgan fingerprint density at radius 2 is 2.44 bits per heavy atom. The van der Waals surface area contributed by atoms with E-state index in [2.05, 4.69) is 28.5 Å². The van der Waals surface area contributed by atoms with Gasteiger partial charge in [0.05, 0.1) is 12.3 Å². The number of aromatic nitrogens is 2. The van der Waals surface area contributed by atoms with Crippen LogP contribution in [-0.2, 0) is 6.42 Å². The van der Waals surface area contributed by atoms with E-state index in [9.17, 15) is 0 Å². The molecule has 0 saturated carbocycles. The van der Waals surface area contributed by atoms with Gasteiger partial charge in [0.25, 0.3) is 0 Å². The standard InChI is InChI=1S/C12H17N3OS2/c1-3-11-14-12(18-15-11)17-8-6-13-9(2)10-5-4-7-16-10/h4-5,7,9,13H,3,6,8H2,1-2H3. The average Bonchev–Trinajstić information content (AvgIpc) is 3.05. The van der Waals surface area contributed by atoms with E-state index in [1.165, 1.54) is 11.5 Å². The first-order chi connectivity index (χ1) is 8.79. The molecule has 1 N–H and O–H groups in total. The quantitative estimate of drug-likeness (QED) is 0.625. The van der Waals surface area contributed by atoms with Crippen molar-refractivity contribution in [3.05, 3.63) is 30.0 Å². The summed E-state index contributed by atoms with van der Waals surface area (Å²) in [6.07, 6.45) is 2.61. The molecule has 0 amide bonds. The van der Waals surface area contributed by atoms with E-state index >= 15 is 0 Å². The van der Waals surface area contributed by atoms with E-state index in [0.717, 1.165) is 34.6 Å². The molecule has 4 nitrogen and oxygen atoms in total. The summed E-state index contributed by atoms with van der Waals surface area (Å²) < 4.78 is 10.7. The lowest BCUT2D eigenvalue weighted by molar-refractivity contribution is 0.438. The van der Waals surface area contributed by atoms with Crippen molar-refractivity contribution in [2.45, 2.75) is 30.6 Å². The number of rotatable bonds is 7. The number of hydrogen-bond donors (Lipinski definition) is 1. The van der Waals surface area contributed by atoms with Crippen LogP contribution in [0.5, 0.6) is 0 Å². The topological polar surface area (TPSA) is 51.0 Å². The highest BCUT2D eigenvalue weighted by Crippen LogP contribution is 2.20. The lowest BCUT2D eigenvalue weighted by atomic mass is 10.2. The molecule has 1 unspecified atom stereocenters. The molecule has 98 valence electrons. The molecule has 2 heterocycles. The summed E-state index contributed by atoms with van der Waals surface area (Å²) in [6.45, 7) is 5.10. The van der Waals surface area contributed by atoms with Gasteiger partial charge in [-0.05, 0) is 30.6 Å². The molecule has 0 radical (unpaired) electrons. The summed E-state index contributed by atoms with van der Waals surface area (Å²) in [5.74, 6) is 2.91. The van der Waals surface area contributed by atoms with Crippen LogP contribution in [-0.4, -0.2) is 21.7 Å². The van der Waals surface area contributed by atoms with Crippen LogP contribution in [0.15, 0.2) is 27.2 Å². The van der Waals surface area contributed by atoms with Gasteiger partial charge in [0.1, 0.15) is 11.6 Å². The van der Waals surface area contributed by atoms with E-state index in [-0.39, 0.29) is 6.04 Å². The zero-order valence-electron chi connectivity index (χ0n) is 10.5. The van der Waals surface area contributed by atoms with E-state index in [4.69, 9.17) is 4.42 Å². The Morgan fingerprint density at radius 3 is 3.11 bits per heavy atom. The van der Waals surface area contributed by atoms with Crippen molar-refractivity contribution in [1.29, 1.82) is 0 Å². The summed E-state index contributed by atoms with van der Waals surface area (Å²) in [5.41, 5.74) is 0. The molecule has 0 aliphatic heterocycles. The van der Waals surface area contributed by atoms with Gasteiger partial charge in [-0.15, -0.1) is 0 Å². The first kappa shape index (κ1) is 13.6. The molecular weight excluding hydrogens is 266 g/mol. The predicted octanol–water partition coefficient (Wildman–Crippen LogP) is 3.14. The number of nitrogens with zero attached hydrogens (tertiary/aromatic N) is 2. The smallest absolute Gasteiger partial charge is 0.170 e.